The Morgan fingerprint density at radius 2 is 2.19 bits per heavy atom. The first-order valence-electron chi connectivity index (χ1n) is 5.66. The molecule has 0 unspecified atom stereocenters. The first-order chi connectivity index (χ1) is 7.63. The Morgan fingerprint density at radius 3 is 2.75 bits per heavy atom. The van der Waals surface area contributed by atoms with Crippen molar-refractivity contribution in [2.24, 2.45) is 0 Å². The van der Waals surface area contributed by atoms with Crippen LogP contribution >= 0.6 is 11.3 Å². The fourth-order valence-corrected chi connectivity index (χ4v) is 2.52. The van der Waals surface area contributed by atoms with E-state index in [2.05, 4.69) is 30.5 Å². The molecule has 0 aromatic carbocycles. The predicted molar refractivity (Wildman–Crippen MR) is 68.8 cm³/mol. The van der Waals surface area contributed by atoms with Crippen LogP contribution in [0.2, 0.25) is 0 Å². The van der Waals surface area contributed by atoms with E-state index in [0.717, 1.165) is 13.1 Å². The SMILES string of the molecule is CCNC(=O)CCNCc1cc(C)sc1C. The largest absolute Gasteiger partial charge is 0.356 e. The van der Waals surface area contributed by atoms with Crippen molar-refractivity contribution in [1.29, 1.82) is 0 Å². The van der Waals surface area contributed by atoms with E-state index in [4.69, 9.17) is 0 Å². The topological polar surface area (TPSA) is 41.1 Å². The quantitative estimate of drug-likeness (QED) is 0.747. The minimum atomic E-state index is 0.119. The van der Waals surface area contributed by atoms with E-state index in [0.29, 0.717) is 13.0 Å². The molecule has 0 radical (unpaired) electrons. The summed E-state index contributed by atoms with van der Waals surface area (Å²) in [5.74, 6) is 0.119. The number of nitrogens with one attached hydrogen (secondary N) is 2. The fraction of sp³-hybridized carbons (Fsp3) is 0.583. The second-order valence-electron chi connectivity index (χ2n) is 3.82. The van der Waals surface area contributed by atoms with Crippen LogP contribution in [0, 0.1) is 13.8 Å². The maximum Gasteiger partial charge on any atom is 0.221 e. The Balaban J connectivity index is 2.21. The van der Waals surface area contributed by atoms with Crippen LogP contribution in [0.25, 0.3) is 0 Å². The Hall–Kier alpha value is -0.870. The minimum absolute atomic E-state index is 0.119. The van der Waals surface area contributed by atoms with E-state index in [1.807, 2.05) is 18.3 Å². The molecule has 1 rings (SSSR count). The van der Waals surface area contributed by atoms with Gasteiger partial charge < -0.3 is 10.6 Å². The van der Waals surface area contributed by atoms with Crippen molar-refractivity contribution in [2.45, 2.75) is 33.7 Å². The number of amides is 1. The molecule has 1 aromatic rings. The molecule has 4 heteroatoms. The van der Waals surface area contributed by atoms with Crippen molar-refractivity contribution in [2.75, 3.05) is 13.1 Å². The van der Waals surface area contributed by atoms with Gasteiger partial charge in [0.05, 0.1) is 0 Å². The Kier molecular flexibility index (Phi) is 5.49. The van der Waals surface area contributed by atoms with Gasteiger partial charge in [-0.25, -0.2) is 0 Å². The molecular weight excluding hydrogens is 220 g/mol. The number of thiophene rings is 1. The van der Waals surface area contributed by atoms with E-state index in [-0.39, 0.29) is 5.91 Å². The van der Waals surface area contributed by atoms with Gasteiger partial charge in [-0.1, -0.05) is 0 Å². The summed E-state index contributed by atoms with van der Waals surface area (Å²) in [6.07, 6.45) is 0.552. The zero-order chi connectivity index (χ0) is 12.0. The zero-order valence-electron chi connectivity index (χ0n) is 10.2. The summed E-state index contributed by atoms with van der Waals surface area (Å²) in [5, 5.41) is 6.07. The van der Waals surface area contributed by atoms with Gasteiger partial charge >= 0.3 is 0 Å². The van der Waals surface area contributed by atoms with E-state index >= 15 is 0 Å². The second-order valence-corrected chi connectivity index (χ2v) is 5.28. The van der Waals surface area contributed by atoms with Crippen molar-refractivity contribution in [3.8, 4) is 0 Å². The van der Waals surface area contributed by atoms with Crippen LogP contribution in [0.4, 0.5) is 0 Å². The molecule has 2 N–H and O–H groups in total. The number of carbonyl (C=O) groups excluding carboxylic acids is 1. The van der Waals surface area contributed by atoms with Gasteiger partial charge in [-0.15, -0.1) is 11.3 Å². The van der Waals surface area contributed by atoms with Gasteiger partial charge in [-0.3, -0.25) is 4.79 Å². The van der Waals surface area contributed by atoms with Gasteiger partial charge in [0, 0.05) is 35.8 Å². The van der Waals surface area contributed by atoms with E-state index < -0.39 is 0 Å². The standard InChI is InChI=1S/C12H20N2OS/c1-4-14-12(15)5-6-13-8-11-7-9(2)16-10(11)3/h7,13H,4-6,8H2,1-3H3,(H,14,15). The maximum absolute atomic E-state index is 11.2. The third-order valence-corrected chi connectivity index (χ3v) is 3.37. The summed E-state index contributed by atoms with van der Waals surface area (Å²) in [6.45, 7) is 8.49. The monoisotopic (exact) mass is 240 g/mol. The molecule has 0 saturated heterocycles. The Bertz CT molecular complexity index is 347. The molecule has 1 aromatic heterocycles. The van der Waals surface area contributed by atoms with Crippen molar-refractivity contribution in [3.63, 3.8) is 0 Å². The number of rotatable bonds is 6. The highest BCUT2D eigenvalue weighted by Crippen LogP contribution is 2.19. The van der Waals surface area contributed by atoms with E-state index in [9.17, 15) is 4.79 Å². The summed E-state index contributed by atoms with van der Waals surface area (Å²) >= 11 is 1.82. The average Bonchev–Trinajstić information content (AvgIpc) is 2.53. The van der Waals surface area contributed by atoms with Crippen molar-refractivity contribution < 1.29 is 4.79 Å². The maximum atomic E-state index is 11.2. The van der Waals surface area contributed by atoms with E-state index in [1.54, 1.807) is 0 Å². The van der Waals surface area contributed by atoms with Crippen molar-refractivity contribution >= 4 is 17.2 Å². The first kappa shape index (κ1) is 13.2. The molecule has 0 bridgehead atoms. The highest BCUT2D eigenvalue weighted by Gasteiger charge is 2.03. The zero-order valence-corrected chi connectivity index (χ0v) is 11.0. The number of carbonyl (C=O) groups is 1. The van der Waals surface area contributed by atoms with Crippen LogP contribution < -0.4 is 10.6 Å². The van der Waals surface area contributed by atoms with Gasteiger partial charge in [0.1, 0.15) is 0 Å². The Morgan fingerprint density at radius 1 is 1.44 bits per heavy atom. The minimum Gasteiger partial charge on any atom is -0.356 e. The summed E-state index contributed by atoms with van der Waals surface area (Å²) in [5.41, 5.74) is 1.35. The number of hydrogen-bond donors (Lipinski definition) is 2. The predicted octanol–water partition coefficient (Wildman–Crippen LogP) is 1.98. The lowest BCUT2D eigenvalue weighted by molar-refractivity contribution is -0.120. The number of hydrogen-bond acceptors (Lipinski definition) is 3. The average molecular weight is 240 g/mol. The molecule has 0 fully saturated rings. The van der Waals surface area contributed by atoms with Crippen LogP contribution in [-0.2, 0) is 11.3 Å². The smallest absolute Gasteiger partial charge is 0.221 e. The molecule has 0 aliphatic heterocycles. The molecular formula is C12H20N2OS. The van der Waals surface area contributed by atoms with Crippen molar-refractivity contribution in [3.05, 3.63) is 21.4 Å². The molecule has 0 aliphatic carbocycles. The molecule has 0 aliphatic rings. The lowest BCUT2D eigenvalue weighted by Gasteiger charge is -2.04. The highest BCUT2D eigenvalue weighted by atomic mass is 32.1. The van der Waals surface area contributed by atoms with Crippen molar-refractivity contribution in [1.82, 2.24) is 10.6 Å². The van der Waals surface area contributed by atoms with Gasteiger partial charge in [-0.2, -0.15) is 0 Å². The molecule has 90 valence electrons. The fourth-order valence-electron chi connectivity index (χ4n) is 1.57. The van der Waals surface area contributed by atoms with Crippen LogP contribution in [-0.4, -0.2) is 19.0 Å². The second kappa shape index (κ2) is 6.66. The molecule has 0 saturated carbocycles. The highest BCUT2D eigenvalue weighted by molar-refractivity contribution is 7.12. The van der Waals surface area contributed by atoms with Gasteiger partial charge in [-0.05, 0) is 32.4 Å². The molecule has 16 heavy (non-hydrogen) atoms. The number of aryl methyl sites for hydroxylation is 2. The third kappa shape index (κ3) is 4.33. The molecule has 1 heterocycles. The van der Waals surface area contributed by atoms with E-state index in [1.165, 1.54) is 15.3 Å². The normalized spacial score (nSPS) is 10.4. The lowest BCUT2D eigenvalue weighted by Crippen LogP contribution is -2.27. The van der Waals surface area contributed by atoms with Gasteiger partial charge in [0.15, 0.2) is 0 Å². The summed E-state index contributed by atoms with van der Waals surface area (Å²) < 4.78 is 0. The van der Waals surface area contributed by atoms with Gasteiger partial charge in [0.2, 0.25) is 5.91 Å². The molecule has 1 amide bonds. The summed E-state index contributed by atoms with van der Waals surface area (Å²) in [7, 11) is 0. The van der Waals surface area contributed by atoms with Crippen LogP contribution in [0.5, 0.6) is 0 Å². The third-order valence-electron chi connectivity index (χ3n) is 2.36. The van der Waals surface area contributed by atoms with Gasteiger partial charge in [0.25, 0.3) is 0 Å². The lowest BCUT2D eigenvalue weighted by atomic mass is 10.2. The molecule has 0 spiro atoms. The van der Waals surface area contributed by atoms with Crippen LogP contribution in [0.3, 0.4) is 0 Å². The first-order valence-corrected chi connectivity index (χ1v) is 6.48. The Labute approximate surface area is 101 Å². The molecule has 0 atom stereocenters. The molecule has 3 nitrogen and oxygen atoms in total. The summed E-state index contributed by atoms with van der Waals surface area (Å²) in [4.78, 5) is 13.9. The van der Waals surface area contributed by atoms with Crippen LogP contribution in [0.15, 0.2) is 6.07 Å². The van der Waals surface area contributed by atoms with Crippen LogP contribution in [0.1, 0.15) is 28.7 Å². The summed E-state index contributed by atoms with van der Waals surface area (Å²) in [6, 6.07) is 2.21.